The summed E-state index contributed by atoms with van der Waals surface area (Å²) >= 11 is 1.53. The van der Waals surface area contributed by atoms with Crippen molar-refractivity contribution in [2.45, 2.75) is 12.8 Å². The zero-order valence-electron chi connectivity index (χ0n) is 14.0. The van der Waals surface area contributed by atoms with E-state index in [-0.39, 0.29) is 11.5 Å². The highest BCUT2D eigenvalue weighted by atomic mass is 32.1. The second-order valence-corrected chi connectivity index (χ2v) is 7.11. The molecule has 1 aliphatic heterocycles. The lowest BCUT2D eigenvalue weighted by Crippen LogP contribution is -2.29. The monoisotopic (exact) mass is 357 g/mol. The number of aromatic nitrogens is 2. The van der Waals surface area contributed by atoms with Gasteiger partial charge in [-0.25, -0.2) is 14.8 Å². The van der Waals surface area contributed by atoms with E-state index < -0.39 is 0 Å². The Balaban J connectivity index is 1.57. The SMILES string of the molecule is CN(CC1CCOCC1)c1nc(-c2nc3ccccc3c(=O)o2)cs1. The Morgan fingerprint density at radius 3 is 2.88 bits per heavy atom. The Bertz CT molecular complexity index is 930. The molecule has 1 aromatic carbocycles. The highest BCUT2D eigenvalue weighted by molar-refractivity contribution is 7.14. The van der Waals surface area contributed by atoms with Crippen molar-refractivity contribution in [1.29, 1.82) is 0 Å². The molecule has 1 aliphatic rings. The predicted octanol–water partition coefficient (Wildman–Crippen LogP) is 3.17. The van der Waals surface area contributed by atoms with Gasteiger partial charge in [-0.2, -0.15) is 0 Å². The normalized spacial score (nSPS) is 15.6. The van der Waals surface area contributed by atoms with E-state index in [4.69, 9.17) is 9.15 Å². The highest BCUT2D eigenvalue weighted by Crippen LogP contribution is 2.27. The van der Waals surface area contributed by atoms with E-state index >= 15 is 0 Å². The molecule has 3 heterocycles. The summed E-state index contributed by atoms with van der Waals surface area (Å²) in [6.07, 6.45) is 2.17. The largest absolute Gasteiger partial charge is 0.401 e. The Labute approximate surface area is 149 Å². The molecule has 0 amide bonds. The Morgan fingerprint density at radius 2 is 2.04 bits per heavy atom. The molecule has 1 saturated heterocycles. The van der Waals surface area contributed by atoms with Crippen LogP contribution in [0.3, 0.4) is 0 Å². The van der Waals surface area contributed by atoms with Crippen molar-refractivity contribution in [3.63, 3.8) is 0 Å². The van der Waals surface area contributed by atoms with Crippen molar-refractivity contribution in [1.82, 2.24) is 9.97 Å². The predicted molar refractivity (Wildman–Crippen MR) is 98.2 cm³/mol. The van der Waals surface area contributed by atoms with Crippen LogP contribution in [0.4, 0.5) is 5.13 Å². The van der Waals surface area contributed by atoms with Gasteiger partial charge in [0, 0.05) is 32.2 Å². The number of rotatable bonds is 4. The highest BCUT2D eigenvalue weighted by Gasteiger charge is 2.19. The molecular formula is C18H19N3O3S. The number of thiazole rings is 1. The third-order valence-electron chi connectivity index (χ3n) is 4.45. The van der Waals surface area contributed by atoms with Gasteiger partial charge in [-0.05, 0) is 30.9 Å². The van der Waals surface area contributed by atoms with Crippen LogP contribution in [-0.4, -0.2) is 36.8 Å². The summed E-state index contributed by atoms with van der Waals surface area (Å²) in [6, 6.07) is 7.17. The number of ether oxygens (including phenoxy) is 1. The van der Waals surface area contributed by atoms with Gasteiger partial charge in [0.2, 0.25) is 0 Å². The van der Waals surface area contributed by atoms with E-state index in [2.05, 4.69) is 14.9 Å². The lowest BCUT2D eigenvalue weighted by atomic mass is 10.0. The van der Waals surface area contributed by atoms with Crippen LogP contribution in [0.2, 0.25) is 0 Å². The Kier molecular flexibility index (Phi) is 4.50. The first-order valence-corrected chi connectivity index (χ1v) is 9.23. The van der Waals surface area contributed by atoms with Crippen LogP contribution in [0.1, 0.15) is 12.8 Å². The zero-order chi connectivity index (χ0) is 17.2. The quantitative estimate of drug-likeness (QED) is 0.714. The zero-order valence-corrected chi connectivity index (χ0v) is 14.8. The summed E-state index contributed by atoms with van der Waals surface area (Å²) in [6.45, 7) is 2.63. The Hall–Kier alpha value is -2.25. The van der Waals surface area contributed by atoms with Crippen molar-refractivity contribution in [2.24, 2.45) is 5.92 Å². The number of para-hydroxylation sites is 1. The molecule has 6 nitrogen and oxygen atoms in total. The topological polar surface area (TPSA) is 68.5 Å². The third-order valence-corrected chi connectivity index (χ3v) is 5.40. The van der Waals surface area contributed by atoms with Crippen molar-refractivity contribution in [3.8, 4) is 11.6 Å². The van der Waals surface area contributed by atoms with Crippen LogP contribution in [0.15, 0.2) is 38.9 Å². The molecule has 0 unspecified atom stereocenters. The average molecular weight is 357 g/mol. The molecule has 0 saturated carbocycles. The van der Waals surface area contributed by atoms with E-state index in [1.54, 1.807) is 18.2 Å². The molecule has 7 heteroatoms. The molecule has 0 aliphatic carbocycles. The number of nitrogens with zero attached hydrogens (tertiary/aromatic N) is 3. The summed E-state index contributed by atoms with van der Waals surface area (Å²) in [4.78, 5) is 23.3. The minimum atomic E-state index is -0.384. The molecule has 1 fully saturated rings. The van der Waals surface area contributed by atoms with Gasteiger partial charge in [0.15, 0.2) is 5.13 Å². The molecule has 0 atom stereocenters. The van der Waals surface area contributed by atoms with Gasteiger partial charge in [-0.15, -0.1) is 11.3 Å². The fourth-order valence-corrected chi connectivity index (χ4v) is 3.84. The van der Waals surface area contributed by atoms with Crippen LogP contribution in [-0.2, 0) is 4.74 Å². The fraction of sp³-hybridized carbons (Fsp3) is 0.389. The fourth-order valence-electron chi connectivity index (χ4n) is 3.06. The minimum Gasteiger partial charge on any atom is -0.401 e. The molecular weight excluding hydrogens is 338 g/mol. The van der Waals surface area contributed by atoms with Crippen LogP contribution < -0.4 is 10.5 Å². The molecule has 25 heavy (non-hydrogen) atoms. The molecule has 0 radical (unpaired) electrons. The maximum atomic E-state index is 12.1. The second-order valence-electron chi connectivity index (χ2n) is 6.28. The summed E-state index contributed by atoms with van der Waals surface area (Å²) in [7, 11) is 2.04. The summed E-state index contributed by atoms with van der Waals surface area (Å²) in [5.41, 5.74) is 0.839. The number of anilines is 1. The van der Waals surface area contributed by atoms with Gasteiger partial charge in [-0.1, -0.05) is 12.1 Å². The summed E-state index contributed by atoms with van der Waals surface area (Å²) < 4.78 is 10.8. The van der Waals surface area contributed by atoms with Crippen LogP contribution in [0, 0.1) is 5.92 Å². The lowest BCUT2D eigenvalue weighted by molar-refractivity contribution is 0.0685. The number of benzene rings is 1. The van der Waals surface area contributed by atoms with Crippen molar-refractivity contribution < 1.29 is 9.15 Å². The van der Waals surface area contributed by atoms with Crippen molar-refractivity contribution in [2.75, 3.05) is 31.7 Å². The number of hydrogen-bond acceptors (Lipinski definition) is 7. The third kappa shape index (κ3) is 3.43. The molecule has 0 spiro atoms. The second kappa shape index (κ2) is 6.93. The van der Waals surface area contributed by atoms with Gasteiger partial charge in [0.1, 0.15) is 5.69 Å². The molecule has 0 N–H and O–H groups in total. The average Bonchev–Trinajstić information content (AvgIpc) is 3.13. The van der Waals surface area contributed by atoms with Gasteiger partial charge in [0.25, 0.3) is 5.89 Å². The van der Waals surface area contributed by atoms with Crippen molar-refractivity contribution >= 4 is 27.4 Å². The first-order chi connectivity index (χ1) is 12.2. The molecule has 0 bridgehead atoms. The standard InChI is InChI=1S/C18H19N3O3S/c1-21(10-12-6-8-23-9-7-12)18-20-15(11-25-18)16-19-14-5-3-2-4-13(14)17(22)24-16/h2-5,11-12H,6-10H2,1H3. The Morgan fingerprint density at radius 1 is 1.24 bits per heavy atom. The molecule has 4 rings (SSSR count). The minimum absolute atomic E-state index is 0.269. The van der Waals surface area contributed by atoms with Crippen LogP contribution in [0.5, 0.6) is 0 Å². The van der Waals surface area contributed by atoms with Gasteiger partial charge in [-0.3, -0.25) is 0 Å². The van der Waals surface area contributed by atoms with E-state index in [1.165, 1.54) is 11.3 Å². The summed E-state index contributed by atoms with van der Waals surface area (Å²) in [5, 5.41) is 3.27. The van der Waals surface area contributed by atoms with Crippen LogP contribution >= 0.6 is 11.3 Å². The number of fused-ring (bicyclic) bond motifs is 1. The first-order valence-electron chi connectivity index (χ1n) is 8.35. The van der Waals surface area contributed by atoms with Gasteiger partial charge in [0.05, 0.1) is 10.9 Å². The maximum Gasteiger partial charge on any atom is 0.347 e. The molecule has 3 aromatic rings. The molecule has 130 valence electrons. The lowest BCUT2D eigenvalue weighted by Gasteiger charge is -2.26. The maximum absolute atomic E-state index is 12.1. The van der Waals surface area contributed by atoms with Crippen molar-refractivity contribution in [3.05, 3.63) is 40.1 Å². The van der Waals surface area contributed by atoms with E-state index in [9.17, 15) is 4.79 Å². The number of hydrogen-bond donors (Lipinski definition) is 0. The van der Waals surface area contributed by atoms with Crippen LogP contribution in [0.25, 0.3) is 22.5 Å². The molecule has 2 aromatic heterocycles. The first kappa shape index (κ1) is 16.2. The van der Waals surface area contributed by atoms with E-state index in [0.717, 1.165) is 37.7 Å². The summed E-state index contributed by atoms with van der Waals surface area (Å²) in [5.74, 6) is 0.897. The smallest absolute Gasteiger partial charge is 0.347 e. The van der Waals surface area contributed by atoms with Gasteiger partial charge >= 0.3 is 5.63 Å². The van der Waals surface area contributed by atoms with Gasteiger partial charge < -0.3 is 14.1 Å². The van der Waals surface area contributed by atoms with E-state index in [0.29, 0.717) is 22.5 Å². The van der Waals surface area contributed by atoms with E-state index in [1.807, 2.05) is 18.5 Å².